The van der Waals surface area contributed by atoms with Crippen molar-refractivity contribution in [1.82, 2.24) is 10.2 Å². The number of benzene rings is 2. The average Bonchev–Trinajstić information content (AvgIpc) is 3.17. The van der Waals surface area contributed by atoms with Crippen LogP contribution in [0.1, 0.15) is 48.7 Å². The van der Waals surface area contributed by atoms with Crippen molar-refractivity contribution in [3.63, 3.8) is 0 Å². The van der Waals surface area contributed by atoms with Gasteiger partial charge in [0.05, 0.1) is 17.4 Å². The van der Waals surface area contributed by atoms with Gasteiger partial charge in [-0.25, -0.2) is 0 Å². The van der Waals surface area contributed by atoms with E-state index in [-0.39, 0.29) is 24.1 Å². The number of carbonyl (C=O) groups excluding carboxylic acids is 1. The number of fused-ring (bicyclic) bond motifs is 1. The fraction of sp³-hybridized carbons (Fsp3) is 0.296. The molecule has 1 amide bonds. The predicted octanol–water partition coefficient (Wildman–Crippen LogP) is 4.00. The monoisotopic (exact) mass is 455 g/mol. The summed E-state index contributed by atoms with van der Waals surface area (Å²) in [5, 5.41) is 17.6. The molecule has 0 saturated heterocycles. The highest BCUT2D eigenvalue weighted by Crippen LogP contribution is 2.53. The van der Waals surface area contributed by atoms with Crippen LogP contribution in [0.15, 0.2) is 53.9 Å². The molecule has 2 heterocycles. The van der Waals surface area contributed by atoms with Crippen molar-refractivity contribution in [2.75, 3.05) is 0 Å². The zero-order valence-corrected chi connectivity index (χ0v) is 19.9. The number of hydrogen-bond acceptors (Lipinski definition) is 5. The molecule has 1 aromatic heterocycles. The molecule has 1 atom stereocenters. The van der Waals surface area contributed by atoms with E-state index in [0.29, 0.717) is 11.5 Å². The van der Waals surface area contributed by atoms with Gasteiger partial charge in [-0.3, -0.25) is 9.89 Å². The Balaban J connectivity index is 2.03. The maximum Gasteiger partial charge on any atom is 0.244 e. The third-order valence-corrected chi connectivity index (χ3v) is 6.63. The van der Waals surface area contributed by atoms with Gasteiger partial charge in [-0.05, 0) is 53.1 Å². The summed E-state index contributed by atoms with van der Waals surface area (Å²) in [5.41, 5.74) is 17.8. The lowest BCUT2D eigenvalue weighted by Gasteiger charge is -2.41. The Labute approximate surface area is 199 Å². The van der Waals surface area contributed by atoms with Crippen LogP contribution in [0.3, 0.4) is 0 Å². The molecule has 2 aromatic carbocycles. The summed E-state index contributed by atoms with van der Waals surface area (Å²) in [5.74, 6) is 0.0702. The minimum Gasteiger partial charge on any atom is -0.420 e. The molecular formula is C27H29N5O2. The van der Waals surface area contributed by atoms with Crippen molar-refractivity contribution in [2.45, 2.75) is 46.0 Å². The molecule has 34 heavy (non-hydrogen) atoms. The summed E-state index contributed by atoms with van der Waals surface area (Å²) in [4.78, 5) is 11.5. The number of carbonyl (C=O) groups is 1. The Hall–Kier alpha value is -4.05. The smallest absolute Gasteiger partial charge is 0.244 e. The number of ether oxygens (including phenoxy) is 1. The predicted molar refractivity (Wildman–Crippen MR) is 131 cm³/mol. The second kappa shape index (κ2) is 8.71. The van der Waals surface area contributed by atoms with Gasteiger partial charge in [-0.2, -0.15) is 5.26 Å². The van der Waals surface area contributed by atoms with Crippen LogP contribution in [0.25, 0.3) is 11.1 Å². The fourth-order valence-electron chi connectivity index (χ4n) is 5.11. The first-order valence-corrected chi connectivity index (χ1v) is 11.4. The second-order valence-corrected chi connectivity index (χ2v) is 9.06. The quantitative estimate of drug-likeness (QED) is 0.517. The van der Waals surface area contributed by atoms with Gasteiger partial charge in [0.15, 0.2) is 0 Å². The van der Waals surface area contributed by atoms with Crippen molar-refractivity contribution < 1.29 is 9.53 Å². The Morgan fingerprint density at radius 1 is 1.21 bits per heavy atom. The molecule has 1 aliphatic heterocycles. The number of nitrogens with one attached hydrogen (secondary N) is 1. The Morgan fingerprint density at radius 2 is 1.94 bits per heavy atom. The third-order valence-electron chi connectivity index (χ3n) is 6.63. The summed E-state index contributed by atoms with van der Waals surface area (Å²) in [6.45, 7) is 8.19. The van der Waals surface area contributed by atoms with Gasteiger partial charge in [-0.1, -0.05) is 57.2 Å². The number of rotatable bonds is 6. The Bertz CT molecular complexity index is 1350. The molecule has 0 radical (unpaired) electrons. The van der Waals surface area contributed by atoms with Crippen LogP contribution in [0.4, 0.5) is 0 Å². The minimum atomic E-state index is -0.839. The number of H-pyrrole nitrogens is 1. The van der Waals surface area contributed by atoms with Crippen LogP contribution < -0.4 is 16.2 Å². The molecule has 0 aliphatic carbocycles. The zero-order chi connectivity index (χ0) is 24.6. The van der Waals surface area contributed by atoms with E-state index in [9.17, 15) is 10.1 Å². The van der Waals surface area contributed by atoms with E-state index in [0.717, 1.165) is 45.5 Å². The van der Waals surface area contributed by atoms with Crippen molar-refractivity contribution >= 4 is 5.91 Å². The molecule has 7 heteroatoms. The van der Waals surface area contributed by atoms with E-state index in [4.69, 9.17) is 16.2 Å². The normalized spacial score (nSPS) is 17.3. The molecular weight excluding hydrogens is 426 g/mol. The van der Waals surface area contributed by atoms with Crippen molar-refractivity contribution in [1.29, 1.82) is 5.26 Å². The largest absolute Gasteiger partial charge is 0.420 e. The standard InChI is InChI=1S/C27H29N5O2/c1-5-17-9-20(19-8-6-7-18(10-19)12-23(29)33)13-21(11-17)27(15(2)3)22(14-28)25(30)34-26-24(27)16(4)31-32-26/h6-11,13,15H,5,12,30H2,1-4H3,(H2,29,33)(H,31,32). The van der Waals surface area contributed by atoms with E-state index in [1.165, 1.54) is 0 Å². The SMILES string of the molecule is CCc1cc(-c2cccc(CC(N)=O)c2)cc(C2(C(C)C)C(C#N)=C(N)Oc3n[nH]c(C)c32)c1. The summed E-state index contributed by atoms with van der Waals surface area (Å²) in [6, 6.07) is 16.6. The molecule has 1 aliphatic rings. The highest BCUT2D eigenvalue weighted by molar-refractivity contribution is 5.78. The van der Waals surface area contributed by atoms with Gasteiger partial charge >= 0.3 is 0 Å². The van der Waals surface area contributed by atoms with Crippen LogP contribution >= 0.6 is 0 Å². The highest BCUT2D eigenvalue weighted by atomic mass is 16.5. The maximum absolute atomic E-state index is 11.5. The number of aromatic amines is 1. The number of nitrogens with zero attached hydrogens (tertiary/aromatic N) is 2. The molecule has 4 rings (SSSR count). The Morgan fingerprint density at radius 3 is 2.59 bits per heavy atom. The minimum absolute atomic E-state index is 0.0270. The molecule has 3 aromatic rings. The number of nitrogens with two attached hydrogens (primary N) is 2. The molecule has 1 unspecified atom stereocenters. The van der Waals surface area contributed by atoms with Crippen molar-refractivity contribution in [2.24, 2.45) is 17.4 Å². The van der Waals surface area contributed by atoms with Crippen LogP contribution in [-0.4, -0.2) is 16.1 Å². The van der Waals surface area contributed by atoms with Crippen molar-refractivity contribution in [3.05, 3.63) is 81.9 Å². The number of hydrogen-bond donors (Lipinski definition) is 3. The summed E-state index contributed by atoms with van der Waals surface area (Å²) >= 11 is 0. The van der Waals surface area contributed by atoms with Crippen LogP contribution in [0.2, 0.25) is 0 Å². The van der Waals surface area contributed by atoms with Gasteiger partial charge in [0.2, 0.25) is 17.7 Å². The molecule has 0 bridgehead atoms. The molecule has 7 nitrogen and oxygen atoms in total. The van der Waals surface area contributed by atoms with Crippen LogP contribution in [0, 0.1) is 24.2 Å². The van der Waals surface area contributed by atoms with E-state index in [1.54, 1.807) is 0 Å². The summed E-state index contributed by atoms with van der Waals surface area (Å²) in [6.07, 6.45) is 0.988. The lowest BCUT2D eigenvalue weighted by atomic mass is 9.61. The van der Waals surface area contributed by atoms with Gasteiger partial charge in [0.1, 0.15) is 11.6 Å². The number of nitriles is 1. The van der Waals surface area contributed by atoms with Gasteiger partial charge in [0, 0.05) is 5.69 Å². The number of amides is 1. The fourth-order valence-corrected chi connectivity index (χ4v) is 5.11. The molecule has 0 saturated carbocycles. The number of allylic oxidation sites excluding steroid dienone is 1. The van der Waals surface area contributed by atoms with E-state index in [2.05, 4.69) is 55.2 Å². The van der Waals surface area contributed by atoms with Gasteiger partial charge in [-0.15, -0.1) is 5.10 Å². The number of aromatic nitrogens is 2. The maximum atomic E-state index is 11.5. The lowest BCUT2D eigenvalue weighted by molar-refractivity contribution is -0.117. The summed E-state index contributed by atoms with van der Waals surface area (Å²) < 4.78 is 5.76. The molecule has 0 spiro atoms. The first-order valence-electron chi connectivity index (χ1n) is 11.4. The Kier molecular flexibility index (Phi) is 5.92. The molecule has 5 N–H and O–H groups in total. The number of primary amides is 1. The highest BCUT2D eigenvalue weighted by Gasteiger charge is 2.50. The third kappa shape index (κ3) is 3.61. The first-order chi connectivity index (χ1) is 16.2. The summed E-state index contributed by atoms with van der Waals surface area (Å²) in [7, 11) is 0. The van der Waals surface area contributed by atoms with Crippen molar-refractivity contribution in [3.8, 4) is 23.1 Å². The van der Waals surface area contributed by atoms with Crippen LogP contribution in [-0.2, 0) is 23.1 Å². The van der Waals surface area contributed by atoms with Crippen LogP contribution in [0.5, 0.6) is 5.88 Å². The van der Waals surface area contributed by atoms with E-state index >= 15 is 0 Å². The average molecular weight is 456 g/mol. The second-order valence-electron chi connectivity index (χ2n) is 9.06. The topological polar surface area (TPSA) is 131 Å². The van der Waals surface area contributed by atoms with Gasteiger partial charge in [0.25, 0.3) is 0 Å². The molecule has 174 valence electrons. The lowest BCUT2D eigenvalue weighted by Crippen LogP contribution is -2.41. The van der Waals surface area contributed by atoms with Gasteiger partial charge < -0.3 is 16.2 Å². The van der Waals surface area contributed by atoms with E-state index in [1.807, 2.05) is 31.2 Å². The van der Waals surface area contributed by atoms with E-state index < -0.39 is 5.41 Å². The molecule has 0 fully saturated rings. The first kappa shape index (κ1) is 23.1. The number of aryl methyl sites for hydroxylation is 2. The zero-order valence-electron chi connectivity index (χ0n) is 19.9.